The van der Waals surface area contributed by atoms with Crippen LogP contribution in [-0.2, 0) is 0 Å². The van der Waals surface area contributed by atoms with E-state index in [-0.39, 0.29) is 17.2 Å². The van der Waals surface area contributed by atoms with Crippen molar-refractivity contribution in [1.29, 1.82) is 5.26 Å². The fraction of sp³-hybridized carbons (Fsp3) is 0.438. The summed E-state index contributed by atoms with van der Waals surface area (Å²) in [4.78, 5) is 15.7. The van der Waals surface area contributed by atoms with E-state index in [1.165, 1.54) is 6.92 Å². The monoisotopic (exact) mass is 286 g/mol. The third-order valence-electron chi connectivity index (χ3n) is 3.30. The van der Waals surface area contributed by atoms with Crippen LogP contribution in [0.1, 0.15) is 45.0 Å². The zero-order valence-electron chi connectivity index (χ0n) is 13.2. The maximum Gasteiger partial charge on any atom is 0.209 e. The Morgan fingerprint density at radius 1 is 1.29 bits per heavy atom. The molecule has 1 aromatic carbocycles. The van der Waals surface area contributed by atoms with Crippen LogP contribution < -0.4 is 10.6 Å². The first kappa shape index (κ1) is 16.7. The SMILES string of the molecule is CC(=O)c1ccc(N/C(=N\C(C)C(C)(C)C)NC#N)cc1. The van der Waals surface area contributed by atoms with Crippen LogP contribution >= 0.6 is 0 Å². The summed E-state index contributed by atoms with van der Waals surface area (Å²) in [5.74, 6) is 0.419. The number of benzene rings is 1. The van der Waals surface area contributed by atoms with Gasteiger partial charge in [-0.15, -0.1) is 0 Å². The van der Waals surface area contributed by atoms with Crippen molar-refractivity contribution in [3.63, 3.8) is 0 Å². The van der Waals surface area contributed by atoms with E-state index in [0.29, 0.717) is 11.5 Å². The Morgan fingerprint density at radius 3 is 2.29 bits per heavy atom. The van der Waals surface area contributed by atoms with Crippen molar-refractivity contribution in [3.05, 3.63) is 29.8 Å². The van der Waals surface area contributed by atoms with Crippen LogP contribution in [0, 0.1) is 16.9 Å². The fourth-order valence-corrected chi connectivity index (χ4v) is 1.46. The summed E-state index contributed by atoms with van der Waals surface area (Å²) >= 11 is 0. The molecule has 1 aromatic rings. The van der Waals surface area contributed by atoms with Gasteiger partial charge in [0.2, 0.25) is 5.96 Å². The second kappa shape index (κ2) is 6.89. The van der Waals surface area contributed by atoms with Crippen molar-refractivity contribution < 1.29 is 4.79 Å². The van der Waals surface area contributed by atoms with Gasteiger partial charge in [0.05, 0.1) is 6.04 Å². The van der Waals surface area contributed by atoms with Crippen molar-refractivity contribution in [2.75, 3.05) is 5.32 Å². The second-order valence-corrected chi connectivity index (χ2v) is 6.02. The molecule has 5 heteroatoms. The number of anilines is 1. The van der Waals surface area contributed by atoms with Crippen molar-refractivity contribution in [3.8, 4) is 6.19 Å². The lowest BCUT2D eigenvalue weighted by molar-refractivity contribution is 0.101. The lowest BCUT2D eigenvalue weighted by Gasteiger charge is -2.24. The number of hydrogen-bond donors (Lipinski definition) is 2. The molecule has 1 atom stereocenters. The quantitative estimate of drug-likeness (QED) is 0.294. The predicted molar refractivity (Wildman–Crippen MR) is 85.2 cm³/mol. The normalized spacial score (nSPS) is 13.2. The van der Waals surface area contributed by atoms with Crippen molar-refractivity contribution >= 4 is 17.4 Å². The zero-order valence-corrected chi connectivity index (χ0v) is 13.2. The van der Waals surface area contributed by atoms with Crippen LogP contribution in [0.4, 0.5) is 5.69 Å². The van der Waals surface area contributed by atoms with Gasteiger partial charge in [-0.3, -0.25) is 10.1 Å². The summed E-state index contributed by atoms with van der Waals surface area (Å²) in [5, 5.41) is 14.4. The molecule has 0 aromatic heterocycles. The van der Waals surface area contributed by atoms with Gasteiger partial charge in [0.15, 0.2) is 12.0 Å². The summed E-state index contributed by atoms with van der Waals surface area (Å²) < 4.78 is 0. The molecule has 0 aliphatic heterocycles. The lowest BCUT2D eigenvalue weighted by atomic mass is 9.88. The molecule has 21 heavy (non-hydrogen) atoms. The molecule has 0 fully saturated rings. The Bertz CT molecular complexity index is 561. The fourth-order valence-electron chi connectivity index (χ4n) is 1.46. The highest BCUT2D eigenvalue weighted by Crippen LogP contribution is 2.21. The first-order chi connectivity index (χ1) is 9.74. The van der Waals surface area contributed by atoms with Gasteiger partial charge in [-0.1, -0.05) is 20.8 Å². The standard InChI is InChI=1S/C16H22N4O/c1-11(21)13-6-8-14(9-7-13)20-15(18-10-17)19-12(2)16(3,4)5/h6-9,12H,1-5H3,(H2,18,19,20). The molecular weight excluding hydrogens is 264 g/mol. The zero-order chi connectivity index (χ0) is 16.0. The smallest absolute Gasteiger partial charge is 0.209 e. The summed E-state index contributed by atoms with van der Waals surface area (Å²) in [6, 6.07) is 7.08. The van der Waals surface area contributed by atoms with E-state index in [4.69, 9.17) is 5.26 Å². The Kier molecular flexibility index (Phi) is 5.48. The highest BCUT2D eigenvalue weighted by molar-refractivity contribution is 5.97. The number of hydrogen-bond acceptors (Lipinski definition) is 3. The van der Waals surface area contributed by atoms with Crippen LogP contribution in [-0.4, -0.2) is 17.8 Å². The molecular formula is C16H22N4O. The Balaban J connectivity index is 2.91. The molecule has 112 valence electrons. The van der Waals surface area contributed by atoms with E-state index in [9.17, 15) is 4.79 Å². The molecule has 0 saturated heterocycles. The summed E-state index contributed by atoms with van der Waals surface area (Å²) in [5.41, 5.74) is 1.42. The van der Waals surface area contributed by atoms with E-state index < -0.39 is 0 Å². The molecule has 5 nitrogen and oxygen atoms in total. The predicted octanol–water partition coefficient (Wildman–Crippen LogP) is 3.16. The van der Waals surface area contributed by atoms with Gasteiger partial charge in [0.25, 0.3) is 0 Å². The highest BCUT2D eigenvalue weighted by atomic mass is 16.1. The number of nitrogens with one attached hydrogen (secondary N) is 2. The molecule has 0 heterocycles. The summed E-state index contributed by atoms with van der Waals surface area (Å²) in [7, 11) is 0. The minimum Gasteiger partial charge on any atom is -0.326 e. The van der Waals surface area contributed by atoms with Crippen LogP contribution in [0.2, 0.25) is 0 Å². The Morgan fingerprint density at radius 2 is 1.86 bits per heavy atom. The van der Waals surface area contributed by atoms with E-state index in [1.54, 1.807) is 24.3 Å². The molecule has 0 radical (unpaired) electrons. The number of guanidine groups is 1. The number of nitrogens with zero attached hydrogens (tertiary/aromatic N) is 2. The maximum absolute atomic E-state index is 11.2. The number of nitriles is 1. The molecule has 0 bridgehead atoms. The van der Waals surface area contributed by atoms with Crippen LogP contribution in [0.3, 0.4) is 0 Å². The van der Waals surface area contributed by atoms with Crippen molar-refractivity contribution in [2.45, 2.75) is 40.7 Å². The number of Topliss-reactive ketones (excluding diaryl/α,β-unsaturated/α-hetero) is 1. The summed E-state index contributed by atoms with van der Waals surface area (Å²) in [6.45, 7) is 9.80. The third-order valence-corrected chi connectivity index (χ3v) is 3.30. The maximum atomic E-state index is 11.2. The number of carbonyl (C=O) groups is 1. The van der Waals surface area contributed by atoms with Crippen LogP contribution in [0.5, 0.6) is 0 Å². The lowest BCUT2D eigenvalue weighted by Crippen LogP contribution is -2.31. The molecule has 0 amide bonds. The molecule has 2 N–H and O–H groups in total. The van der Waals surface area contributed by atoms with Crippen LogP contribution in [0.15, 0.2) is 29.3 Å². The Labute approximate surface area is 126 Å². The van der Waals surface area contributed by atoms with E-state index in [0.717, 1.165) is 5.69 Å². The minimum absolute atomic E-state index is 0.00253. The van der Waals surface area contributed by atoms with E-state index in [1.807, 2.05) is 13.1 Å². The first-order valence-corrected chi connectivity index (χ1v) is 6.85. The van der Waals surface area contributed by atoms with Crippen molar-refractivity contribution in [2.24, 2.45) is 10.4 Å². The van der Waals surface area contributed by atoms with Crippen LogP contribution in [0.25, 0.3) is 0 Å². The average molecular weight is 286 g/mol. The van der Waals surface area contributed by atoms with Gasteiger partial charge in [-0.25, -0.2) is 4.99 Å². The topological polar surface area (TPSA) is 77.3 Å². The Hall–Kier alpha value is -2.35. The number of carbonyl (C=O) groups excluding carboxylic acids is 1. The molecule has 0 saturated carbocycles. The molecule has 0 aliphatic carbocycles. The minimum atomic E-state index is 0.00253. The largest absolute Gasteiger partial charge is 0.326 e. The van der Waals surface area contributed by atoms with Crippen molar-refractivity contribution in [1.82, 2.24) is 5.32 Å². The van der Waals surface area contributed by atoms with Gasteiger partial charge in [0, 0.05) is 11.3 Å². The highest BCUT2D eigenvalue weighted by Gasteiger charge is 2.20. The van der Waals surface area contributed by atoms with E-state index in [2.05, 4.69) is 36.4 Å². The number of ketones is 1. The van der Waals surface area contributed by atoms with Gasteiger partial charge < -0.3 is 5.32 Å². The molecule has 0 aliphatic rings. The third kappa shape index (κ3) is 5.27. The van der Waals surface area contributed by atoms with Gasteiger partial charge >= 0.3 is 0 Å². The van der Waals surface area contributed by atoms with Gasteiger partial charge in [0.1, 0.15) is 0 Å². The second-order valence-electron chi connectivity index (χ2n) is 6.02. The number of aliphatic imine (C=N–C) groups is 1. The first-order valence-electron chi connectivity index (χ1n) is 6.85. The molecule has 0 spiro atoms. The molecule has 1 unspecified atom stereocenters. The van der Waals surface area contributed by atoms with E-state index >= 15 is 0 Å². The summed E-state index contributed by atoms with van der Waals surface area (Å²) in [6.07, 6.45) is 1.88. The number of rotatable bonds is 3. The van der Waals surface area contributed by atoms with Gasteiger partial charge in [-0.05, 0) is 43.5 Å². The van der Waals surface area contributed by atoms with Gasteiger partial charge in [-0.2, -0.15) is 5.26 Å². The molecule has 1 rings (SSSR count). The average Bonchev–Trinajstić information content (AvgIpc) is 2.38.